The molecule has 0 radical (unpaired) electrons. The molecule has 0 fully saturated rings. The first-order chi connectivity index (χ1) is 6.45. The molecule has 0 bridgehead atoms. The van der Waals surface area contributed by atoms with Crippen LogP contribution >= 0.6 is 0 Å². The van der Waals surface area contributed by atoms with Crippen molar-refractivity contribution in [2.45, 2.75) is 53.1 Å². The summed E-state index contributed by atoms with van der Waals surface area (Å²) in [5.41, 5.74) is -0.562. The second-order valence-corrected chi connectivity index (χ2v) is 4.83. The molecule has 0 amide bonds. The van der Waals surface area contributed by atoms with Crippen LogP contribution in [-0.2, 0) is 0 Å². The predicted molar refractivity (Wildman–Crippen MR) is 62.4 cm³/mol. The van der Waals surface area contributed by atoms with Gasteiger partial charge in [-0.1, -0.05) is 41.0 Å². The zero-order valence-electron chi connectivity index (χ0n) is 10.4. The van der Waals surface area contributed by atoms with Crippen molar-refractivity contribution in [3.05, 3.63) is 0 Å². The van der Waals surface area contributed by atoms with Crippen molar-refractivity contribution in [1.29, 1.82) is 0 Å². The zero-order chi connectivity index (χ0) is 11.2. The summed E-state index contributed by atoms with van der Waals surface area (Å²) in [6.07, 6.45) is 2.39. The molecule has 2 N–H and O–H groups in total. The maximum Gasteiger partial charge on any atom is 0.0816 e. The van der Waals surface area contributed by atoms with E-state index in [0.717, 1.165) is 6.54 Å². The van der Waals surface area contributed by atoms with Crippen LogP contribution in [0, 0.1) is 11.8 Å². The largest absolute Gasteiger partial charge is 0.388 e. The average Bonchev–Trinajstić information content (AvgIpc) is 2.11. The average molecular weight is 201 g/mol. The normalized spacial score (nSPS) is 12.9. The third-order valence-electron chi connectivity index (χ3n) is 3.11. The van der Waals surface area contributed by atoms with E-state index in [1.54, 1.807) is 0 Å². The second-order valence-electron chi connectivity index (χ2n) is 4.83. The van der Waals surface area contributed by atoms with Gasteiger partial charge in [-0.25, -0.2) is 0 Å². The van der Waals surface area contributed by atoms with Crippen molar-refractivity contribution in [1.82, 2.24) is 5.32 Å². The van der Waals surface area contributed by atoms with Gasteiger partial charge in [-0.15, -0.1) is 0 Å². The van der Waals surface area contributed by atoms with Gasteiger partial charge in [-0.2, -0.15) is 0 Å². The van der Waals surface area contributed by atoms with Gasteiger partial charge in [0.25, 0.3) is 0 Å². The van der Waals surface area contributed by atoms with E-state index in [2.05, 4.69) is 39.9 Å². The third kappa shape index (κ3) is 3.97. The minimum Gasteiger partial charge on any atom is -0.388 e. The Bertz CT molecular complexity index is 135. The highest BCUT2D eigenvalue weighted by Crippen LogP contribution is 2.25. The van der Waals surface area contributed by atoms with Gasteiger partial charge in [0.2, 0.25) is 0 Å². The summed E-state index contributed by atoms with van der Waals surface area (Å²) in [7, 11) is 0. The Morgan fingerprint density at radius 2 is 1.64 bits per heavy atom. The second kappa shape index (κ2) is 6.41. The summed E-state index contributed by atoms with van der Waals surface area (Å²) in [6, 6.07) is 0. The lowest BCUT2D eigenvalue weighted by atomic mass is 9.80. The van der Waals surface area contributed by atoms with Crippen LogP contribution in [0.1, 0.15) is 47.5 Å². The predicted octanol–water partition coefficient (Wildman–Crippen LogP) is 2.42. The first-order valence-corrected chi connectivity index (χ1v) is 5.88. The van der Waals surface area contributed by atoms with Crippen LogP contribution in [0.15, 0.2) is 0 Å². The summed E-state index contributed by atoms with van der Waals surface area (Å²) >= 11 is 0. The molecule has 86 valence electrons. The van der Waals surface area contributed by atoms with Gasteiger partial charge in [0.15, 0.2) is 0 Å². The van der Waals surface area contributed by atoms with Gasteiger partial charge < -0.3 is 10.4 Å². The molecule has 2 nitrogen and oxygen atoms in total. The molecule has 0 saturated heterocycles. The van der Waals surface area contributed by atoms with Crippen LogP contribution in [0.2, 0.25) is 0 Å². The number of unbranched alkanes of at least 4 members (excludes halogenated alkanes) is 1. The van der Waals surface area contributed by atoms with Crippen LogP contribution in [0.4, 0.5) is 0 Å². The van der Waals surface area contributed by atoms with Crippen molar-refractivity contribution in [2.24, 2.45) is 11.8 Å². The van der Waals surface area contributed by atoms with Gasteiger partial charge in [-0.05, 0) is 24.8 Å². The smallest absolute Gasteiger partial charge is 0.0816 e. The minimum atomic E-state index is -0.562. The summed E-state index contributed by atoms with van der Waals surface area (Å²) in [5, 5.41) is 13.7. The highest BCUT2D eigenvalue weighted by molar-refractivity contribution is 4.87. The van der Waals surface area contributed by atoms with Gasteiger partial charge in [0.1, 0.15) is 0 Å². The Hall–Kier alpha value is -0.0800. The highest BCUT2D eigenvalue weighted by Gasteiger charge is 2.33. The monoisotopic (exact) mass is 201 g/mol. The Morgan fingerprint density at radius 3 is 2.00 bits per heavy atom. The molecule has 0 aliphatic rings. The summed E-state index contributed by atoms with van der Waals surface area (Å²) in [6.45, 7) is 12.2. The lowest BCUT2D eigenvalue weighted by Gasteiger charge is -2.36. The van der Waals surface area contributed by atoms with Crippen molar-refractivity contribution in [3.63, 3.8) is 0 Å². The molecule has 0 aromatic rings. The van der Waals surface area contributed by atoms with Crippen molar-refractivity contribution < 1.29 is 5.11 Å². The number of hydrogen-bond donors (Lipinski definition) is 2. The van der Waals surface area contributed by atoms with E-state index in [9.17, 15) is 5.11 Å². The molecule has 0 aliphatic heterocycles. The minimum absolute atomic E-state index is 0.302. The molecule has 14 heavy (non-hydrogen) atoms. The zero-order valence-corrected chi connectivity index (χ0v) is 10.4. The summed E-state index contributed by atoms with van der Waals surface area (Å²) in [4.78, 5) is 0. The van der Waals surface area contributed by atoms with E-state index < -0.39 is 5.60 Å². The summed E-state index contributed by atoms with van der Waals surface area (Å²) < 4.78 is 0. The van der Waals surface area contributed by atoms with E-state index in [1.165, 1.54) is 12.8 Å². The Labute approximate surface area is 89.1 Å². The number of hydrogen-bond acceptors (Lipinski definition) is 2. The van der Waals surface area contributed by atoms with E-state index >= 15 is 0 Å². The molecule has 0 aromatic carbocycles. The molecule has 0 aromatic heterocycles. The first-order valence-electron chi connectivity index (χ1n) is 5.88. The fourth-order valence-corrected chi connectivity index (χ4v) is 1.67. The molecule has 2 heteroatoms. The van der Waals surface area contributed by atoms with Crippen LogP contribution in [0.25, 0.3) is 0 Å². The topological polar surface area (TPSA) is 32.3 Å². The number of aliphatic hydroxyl groups is 1. The highest BCUT2D eigenvalue weighted by atomic mass is 16.3. The van der Waals surface area contributed by atoms with E-state index in [0.29, 0.717) is 18.4 Å². The molecule has 0 unspecified atom stereocenters. The Balaban J connectivity index is 3.98. The molecular formula is C12H27NO. The summed E-state index contributed by atoms with van der Waals surface area (Å²) in [5.74, 6) is 0.605. The van der Waals surface area contributed by atoms with E-state index in [4.69, 9.17) is 0 Å². The molecule has 0 heterocycles. The van der Waals surface area contributed by atoms with E-state index in [-0.39, 0.29) is 0 Å². The molecular weight excluding hydrogens is 174 g/mol. The lowest BCUT2D eigenvalue weighted by Crippen LogP contribution is -2.49. The first kappa shape index (κ1) is 13.9. The Kier molecular flexibility index (Phi) is 6.38. The van der Waals surface area contributed by atoms with Gasteiger partial charge in [-0.3, -0.25) is 0 Å². The van der Waals surface area contributed by atoms with Crippen LogP contribution < -0.4 is 5.32 Å². The van der Waals surface area contributed by atoms with Crippen LogP contribution in [0.5, 0.6) is 0 Å². The van der Waals surface area contributed by atoms with Gasteiger partial charge in [0, 0.05) is 6.54 Å². The molecule has 0 aliphatic carbocycles. The SMILES string of the molecule is CCCCNCC(O)(C(C)C)C(C)C. The number of nitrogens with one attached hydrogen (secondary N) is 1. The van der Waals surface area contributed by atoms with E-state index in [1.807, 2.05) is 0 Å². The third-order valence-corrected chi connectivity index (χ3v) is 3.11. The standard InChI is InChI=1S/C12H27NO/c1-6-7-8-13-9-12(14,10(2)3)11(4)5/h10-11,13-14H,6-9H2,1-5H3. The van der Waals surface area contributed by atoms with Gasteiger partial charge in [0.05, 0.1) is 5.60 Å². The molecule has 0 rings (SSSR count). The fourth-order valence-electron chi connectivity index (χ4n) is 1.67. The Morgan fingerprint density at radius 1 is 1.14 bits per heavy atom. The molecule has 0 saturated carbocycles. The fraction of sp³-hybridized carbons (Fsp3) is 1.00. The van der Waals surface area contributed by atoms with Crippen LogP contribution in [-0.4, -0.2) is 23.8 Å². The van der Waals surface area contributed by atoms with Crippen LogP contribution in [0.3, 0.4) is 0 Å². The number of rotatable bonds is 7. The quantitative estimate of drug-likeness (QED) is 0.620. The van der Waals surface area contributed by atoms with Crippen molar-refractivity contribution in [3.8, 4) is 0 Å². The maximum atomic E-state index is 10.4. The van der Waals surface area contributed by atoms with Gasteiger partial charge >= 0.3 is 0 Å². The van der Waals surface area contributed by atoms with Crippen molar-refractivity contribution >= 4 is 0 Å². The van der Waals surface area contributed by atoms with Crippen molar-refractivity contribution in [2.75, 3.05) is 13.1 Å². The molecule has 0 spiro atoms. The lowest BCUT2D eigenvalue weighted by molar-refractivity contribution is -0.0448. The maximum absolute atomic E-state index is 10.4. The molecule has 0 atom stereocenters.